The number of aromatic hydroxyl groups is 1. The topological polar surface area (TPSA) is 512 Å². The van der Waals surface area contributed by atoms with Crippen LogP contribution in [0.15, 0.2) is 110 Å². The summed E-state index contributed by atoms with van der Waals surface area (Å²) in [5.74, 6) is -12.0. The summed E-state index contributed by atoms with van der Waals surface area (Å²) >= 11 is 0. The summed E-state index contributed by atoms with van der Waals surface area (Å²) in [4.78, 5) is 168. The Labute approximate surface area is 557 Å². The van der Waals surface area contributed by atoms with E-state index >= 15 is 14.4 Å². The van der Waals surface area contributed by atoms with E-state index in [4.69, 9.17) is 28.3 Å². The maximum Gasteiger partial charge on any atom is 0.303 e. The number of carboxylic acid groups (broad SMARTS) is 1. The number of amides is 10. The first-order valence-corrected chi connectivity index (χ1v) is 31.8. The number of guanidine groups is 1. The number of rotatable bonds is 35. The number of carbonyl (C=O) groups excluding carboxylic acids is 10. The van der Waals surface area contributed by atoms with E-state index in [9.17, 15) is 53.7 Å². The number of H-pyrrole nitrogens is 2. The molecule has 97 heavy (non-hydrogen) atoms. The predicted octanol–water partition coefficient (Wildman–Crippen LogP) is -1.42. The monoisotopic (exact) mass is 1340 g/mol. The molecular weight excluding hydrogens is 1250 g/mol. The average molecular weight is 1340 g/mol. The molecule has 6 aromatic rings. The molecule has 0 saturated carbocycles. The van der Waals surface area contributed by atoms with Crippen LogP contribution in [0.3, 0.4) is 0 Å². The minimum absolute atomic E-state index is 0.0497. The summed E-state index contributed by atoms with van der Waals surface area (Å²) in [6.45, 7) is 1.85. The van der Waals surface area contributed by atoms with E-state index in [-0.39, 0.29) is 81.7 Å². The molecule has 2 aromatic heterocycles. The molecule has 0 bridgehead atoms. The minimum Gasteiger partial charge on any atom is -0.508 e. The van der Waals surface area contributed by atoms with Gasteiger partial charge in [-0.3, -0.25) is 63.0 Å². The second kappa shape index (κ2) is 35.1. The van der Waals surface area contributed by atoms with Gasteiger partial charge < -0.3 is 90.3 Å². The Hall–Kier alpha value is -10.8. The van der Waals surface area contributed by atoms with Gasteiger partial charge in [-0.25, -0.2) is 4.98 Å². The van der Waals surface area contributed by atoms with E-state index in [0.717, 1.165) is 10.8 Å². The third-order valence-corrected chi connectivity index (χ3v) is 16.4. The molecule has 9 atom stereocenters. The van der Waals surface area contributed by atoms with Gasteiger partial charge in [-0.05, 0) is 96.5 Å². The van der Waals surface area contributed by atoms with Gasteiger partial charge in [0.15, 0.2) is 5.96 Å². The number of aromatic nitrogens is 3. The molecule has 0 spiro atoms. The van der Waals surface area contributed by atoms with E-state index in [1.165, 1.54) is 41.7 Å². The smallest absolute Gasteiger partial charge is 0.303 e. The summed E-state index contributed by atoms with van der Waals surface area (Å²) in [5, 5.41) is 58.8. The van der Waals surface area contributed by atoms with Crippen molar-refractivity contribution in [1.82, 2.24) is 62.0 Å². The van der Waals surface area contributed by atoms with Crippen molar-refractivity contribution < 1.29 is 68.1 Å². The van der Waals surface area contributed by atoms with E-state index in [2.05, 4.69) is 52.2 Å². The highest BCUT2D eigenvalue weighted by Crippen LogP contribution is 2.25. The van der Waals surface area contributed by atoms with Crippen molar-refractivity contribution in [2.24, 2.45) is 28.9 Å². The maximum atomic E-state index is 16.0. The van der Waals surface area contributed by atoms with Crippen LogP contribution in [0.25, 0.3) is 21.7 Å². The predicted molar refractivity (Wildman–Crippen MR) is 355 cm³/mol. The SMILES string of the molecule is CC(C)C[C@@H](C(=O)N[C@@H](CCCNC(=N)N)C(=O)N1CCC[C@H]1C(=O)NCC(N)=O)N(C(=O)[C@H](N)Cc1ccc2ccccc2c1)C(=O)[C@H](Cc1ccc(O)cc1)NC(=O)[C@H](CO)NC(=O)[C@H](Cc1c[nH]c2ccccc12)NC(=O)[C@H](Cc1c[nH]cn1)NC(=O)[C@@H](N)CCC(=O)O. The highest BCUT2D eigenvalue weighted by molar-refractivity contribution is 6.06. The fourth-order valence-corrected chi connectivity index (χ4v) is 11.4. The fraction of sp³-hybridized carbons (Fsp3) is 0.409. The number of aromatic amines is 2. The minimum atomic E-state index is -1.94. The number of phenols is 1. The molecule has 31 heteroatoms. The number of aliphatic hydroxyl groups excluding tert-OH is 1. The number of fused-ring (bicyclic) bond motifs is 2. The molecule has 1 saturated heterocycles. The molecule has 4 aromatic carbocycles. The highest BCUT2D eigenvalue weighted by Gasteiger charge is 2.44. The molecule has 1 aliphatic heterocycles. The van der Waals surface area contributed by atoms with E-state index in [0.29, 0.717) is 39.0 Å². The molecule has 518 valence electrons. The van der Waals surface area contributed by atoms with Crippen LogP contribution in [0, 0.1) is 11.3 Å². The van der Waals surface area contributed by atoms with E-state index in [1.54, 1.807) is 56.4 Å². The Morgan fingerprint density at radius 1 is 0.691 bits per heavy atom. The number of primary amides is 1. The third kappa shape index (κ3) is 21.1. The van der Waals surface area contributed by atoms with Gasteiger partial charge in [0.2, 0.25) is 53.2 Å². The standard InChI is InChI=1S/C66H85N17O14/c1-36(2)25-54(62(94)77-48(13-7-23-73-66(70)71)64(96)82-24-8-14-53(82)61(93)75-33-55(69)86)83(63(95)46(68)27-38-15-18-39-9-3-4-10-40(39)26-38)65(97)51(28-37-16-19-43(85)20-17-37)80-60(92)52(34-84)81-58(90)49(29-41-31-74-47-12-6-5-11-44(41)47)79-59(91)50(30-42-32-72-35-76-42)78-57(89)45(67)21-22-56(87)88/h3-6,9-12,15-20,26,31-32,35-36,45-46,48-54,74,84-85H,7-8,13-14,21-25,27-30,33-34,67-68H2,1-2H3,(H2,69,86)(H,72,76)(H,75,93)(H,77,94)(H,78,89)(H,79,91)(H,80,92)(H,81,90)(H,87,88)(H4,70,71,73)/t45-,46+,48-,49-,50-,51-,52-,53-,54-/m0/s1. The van der Waals surface area contributed by atoms with E-state index in [1.807, 2.05) is 30.3 Å². The Morgan fingerprint density at radius 3 is 2.00 bits per heavy atom. The lowest BCUT2D eigenvalue weighted by Gasteiger charge is -2.36. The van der Waals surface area contributed by atoms with Gasteiger partial charge in [0.05, 0.1) is 37.3 Å². The number of benzene rings is 4. The third-order valence-electron chi connectivity index (χ3n) is 16.4. The Morgan fingerprint density at radius 2 is 1.33 bits per heavy atom. The number of likely N-dealkylation sites (tertiary alicyclic amines) is 1. The first-order valence-electron chi connectivity index (χ1n) is 31.8. The first-order chi connectivity index (χ1) is 46.3. The molecule has 3 heterocycles. The molecule has 1 fully saturated rings. The summed E-state index contributed by atoms with van der Waals surface area (Å²) < 4.78 is 0. The van der Waals surface area contributed by atoms with Crippen LogP contribution in [0.4, 0.5) is 0 Å². The molecule has 10 amide bonds. The molecule has 0 radical (unpaired) electrons. The van der Waals surface area contributed by atoms with Gasteiger partial charge in [0.1, 0.15) is 48.0 Å². The van der Waals surface area contributed by atoms with Crippen molar-refractivity contribution in [2.45, 2.75) is 139 Å². The summed E-state index contributed by atoms with van der Waals surface area (Å²) in [6, 6.07) is 11.0. The number of hydrogen-bond donors (Lipinski definition) is 17. The average Bonchev–Trinajstić information content (AvgIpc) is 1.34. The van der Waals surface area contributed by atoms with Gasteiger partial charge in [0.25, 0.3) is 5.91 Å². The second-order valence-electron chi connectivity index (χ2n) is 24.3. The number of aliphatic hydroxyl groups is 1. The number of phenolic OH excluding ortho intramolecular Hbond substituents is 1. The van der Waals surface area contributed by atoms with E-state index < -0.39 is 151 Å². The number of carboxylic acids is 1. The van der Waals surface area contributed by atoms with Crippen LogP contribution in [-0.2, 0) is 78.4 Å². The summed E-state index contributed by atoms with van der Waals surface area (Å²) in [6.07, 6.45) is 2.68. The van der Waals surface area contributed by atoms with Gasteiger partial charge >= 0.3 is 5.97 Å². The van der Waals surface area contributed by atoms with Crippen LogP contribution in [0.1, 0.15) is 81.2 Å². The molecule has 0 aliphatic carbocycles. The number of nitrogens with zero attached hydrogens (tertiary/aromatic N) is 3. The van der Waals surface area contributed by atoms with Crippen molar-refractivity contribution in [3.8, 4) is 5.75 Å². The van der Waals surface area contributed by atoms with Gasteiger partial charge in [0, 0.05) is 62.1 Å². The van der Waals surface area contributed by atoms with Crippen molar-refractivity contribution in [2.75, 3.05) is 26.2 Å². The number of aliphatic carboxylic acids is 1. The normalized spacial score (nSPS) is 15.3. The zero-order valence-corrected chi connectivity index (χ0v) is 53.8. The highest BCUT2D eigenvalue weighted by atomic mass is 16.4. The van der Waals surface area contributed by atoms with Gasteiger partial charge in [-0.1, -0.05) is 86.6 Å². The molecule has 7 rings (SSSR count). The molecule has 21 N–H and O–H groups in total. The van der Waals surface area contributed by atoms with Crippen molar-refractivity contribution >= 4 is 92.7 Å². The number of nitrogens with two attached hydrogens (primary N) is 4. The fourth-order valence-electron chi connectivity index (χ4n) is 11.4. The number of carbonyl (C=O) groups is 11. The quantitative estimate of drug-likeness (QED) is 0.0123. The number of para-hydroxylation sites is 1. The Kier molecular flexibility index (Phi) is 26.6. The molecular formula is C66H85N17O14. The lowest BCUT2D eigenvalue weighted by atomic mass is 9.96. The number of nitrogens with one attached hydrogen (secondary N) is 10. The summed E-state index contributed by atoms with van der Waals surface area (Å²) in [7, 11) is 0. The van der Waals surface area contributed by atoms with Crippen LogP contribution in [0.5, 0.6) is 5.75 Å². The van der Waals surface area contributed by atoms with Crippen LogP contribution < -0.4 is 60.2 Å². The van der Waals surface area contributed by atoms with Crippen molar-refractivity contribution in [3.05, 3.63) is 132 Å². The first kappa shape index (κ1) is 73.6. The van der Waals surface area contributed by atoms with Gasteiger partial charge in [-0.15, -0.1) is 0 Å². The lowest BCUT2D eigenvalue weighted by molar-refractivity contribution is -0.156. The van der Waals surface area contributed by atoms with Crippen LogP contribution >= 0.6 is 0 Å². The lowest BCUT2D eigenvalue weighted by Crippen LogP contribution is -2.64. The number of imidazole rings is 1. The molecule has 1 aliphatic rings. The maximum absolute atomic E-state index is 16.0. The summed E-state index contributed by atoms with van der Waals surface area (Å²) in [5.41, 5.74) is 26.0. The van der Waals surface area contributed by atoms with Crippen molar-refractivity contribution in [3.63, 3.8) is 0 Å². The Bertz CT molecular complexity index is 3790. The van der Waals surface area contributed by atoms with Crippen LogP contribution in [0.2, 0.25) is 0 Å². The number of hydrogen-bond acceptors (Lipinski definition) is 17. The molecule has 31 nitrogen and oxygen atoms in total. The molecule has 0 unspecified atom stereocenters. The largest absolute Gasteiger partial charge is 0.508 e. The van der Waals surface area contributed by atoms with Crippen LogP contribution in [-0.4, -0.2) is 192 Å². The van der Waals surface area contributed by atoms with Crippen molar-refractivity contribution in [1.29, 1.82) is 5.41 Å². The Balaban J connectivity index is 1.25. The second-order valence-corrected chi connectivity index (χ2v) is 24.3. The number of imide groups is 1. The zero-order valence-electron chi connectivity index (χ0n) is 53.8. The zero-order chi connectivity index (χ0) is 70.5. The van der Waals surface area contributed by atoms with Gasteiger partial charge in [-0.2, -0.15) is 0 Å².